The Balaban J connectivity index is 0.000000230. The summed E-state index contributed by atoms with van der Waals surface area (Å²) in [6, 6.07) is 81.6. The zero-order valence-corrected chi connectivity index (χ0v) is 58.8. The first-order valence-corrected chi connectivity index (χ1v) is 35.3. The van der Waals surface area contributed by atoms with E-state index in [1.165, 1.54) is 11.1 Å². The normalized spacial score (nSPS) is 17.6. The van der Waals surface area contributed by atoms with Gasteiger partial charge in [0.25, 0.3) is 0 Å². The van der Waals surface area contributed by atoms with Crippen molar-refractivity contribution in [3.05, 3.63) is 365 Å². The van der Waals surface area contributed by atoms with Crippen LogP contribution in [0.1, 0.15) is 51.2 Å². The van der Waals surface area contributed by atoms with Gasteiger partial charge in [0.15, 0.2) is 0 Å². The van der Waals surface area contributed by atoms with Gasteiger partial charge in [-0.05, 0) is 119 Å². The molecule has 0 amide bonds. The van der Waals surface area contributed by atoms with Crippen molar-refractivity contribution in [3.8, 4) is 22.9 Å². The van der Waals surface area contributed by atoms with Gasteiger partial charge in [0.05, 0.1) is 69.8 Å². The van der Waals surface area contributed by atoms with Gasteiger partial charge in [-0.3, -0.25) is 19.9 Å². The van der Waals surface area contributed by atoms with Gasteiger partial charge < -0.3 is 45.7 Å². The molecule has 0 saturated carbocycles. The Bertz CT molecular complexity index is 5820. The van der Waals surface area contributed by atoms with E-state index in [9.17, 15) is 0 Å². The first kappa shape index (κ1) is 65.3. The third kappa shape index (κ3) is 13.1. The Morgan fingerprint density at radius 3 is 1.25 bits per heavy atom. The van der Waals surface area contributed by atoms with Crippen LogP contribution in [-0.2, 0) is 19.5 Å². The second-order valence-electron chi connectivity index (χ2n) is 26.0. The third-order valence-electron chi connectivity index (χ3n) is 19.6. The smallest absolute Gasteiger partial charge is 0.493 e. The van der Waals surface area contributed by atoms with Crippen LogP contribution < -0.4 is 41.4 Å². The molecule has 8 bridgehead atoms. The second kappa shape index (κ2) is 29.2. The minimum Gasteiger partial charge on any atom is -0.493 e. The van der Waals surface area contributed by atoms with Gasteiger partial charge in [0, 0.05) is 138 Å². The fourth-order valence-corrected chi connectivity index (χ4v) is 14.7. The van der Waals surface area contributed by atoms with Crippen LogP contribution in [0.2, 0.25) is 0 Å². The summed E-state index contributed by atoms with van der Waals surface area (Å²) in [5.41, 5.74) is 24.5. The van der Waals surface area contributed by atoms with Crippen LogP contribution in [0.5, 0.6) is 11.5 Å². The number of ether oxygens (including phenoxy) is 2. The fourth-order valence-electron chi connectivity index (χ4n) is 14.7. The number of aromatic nitrogens is 8. The number of nitrogens with one attached hydrogen (secondary N) is 7. The van der Waals surface area contributed by atoms with Crippen molar-refractivity contribution in [2.24, 2.45) is 0 Å². The molecule has 2 atom stereocenters. The Morgan fingerprint density at radius 1 is 0.362 bits per heavy atom. The predicted molar refractivity (Wildman–Crippen MR) is 422 cm³/mol. The molecule has 15 aromatic rings. The summed E-state index contributed by atoms with van der Waals surface area (Å²) in [5, 5.41) is 21.7. The number of hydrogen-bond acceptors (Lipinski definition) is 11. The van der Waals surface area contributed by atoms with Crippen molar-refractivity contribution in [3.63, 3.8) is 0 Å². The largest absolute Gasteiger partial charge is 2.00 e. The number of nitrogens with zero attached hydrogens (tertiary/aromatic N) is 5. The number of hydrogen-bond donors (Lipinski definition) is 7. The maximum atomic E-state index is 6.33. The minimum absolute atomic E-state index is 0. The van der Waals surface area contributed by atoms with E-state index < -0.39 is 0 Å². The van der Waals surface area contributed by atoms with Gasteiger partial charge in [0.1, 0.15) is 17.3 Å². The molecule has 12 heterocycles. The molecule has 0 radical (unpaired) electrons. The number of pyridine rings is 4. The van der Waals surface area contributed by atoms with E-state index in [-0.39, 0.29) is 31.6 Å². The molecule has 508 valence electrons. The van der Waals surface area contributed by atoms with Gasteiger partial charge in [-0.25, -0.2) is 4.98 Å². The Morgan fingerprint density at radius 2 is 0.781 bits per heavy atom. The summed E-state index contributed by atoms with van der Waals surface area (Å²) >= 11 is 0. The summed E-state index contributed by atoms with van der Waals surface area (Å²) in [6.45, 7) is 2.65. The van der Waals surface area contributed by atoms with Crippen LogP contribution in [0.4, 0.5) is 11.4 Å². The van der Waals surface area contributed by atoms with Crippen LogP contribution in [0.3, 0.4) is 0 Å². The third-order valence-corrected chi connectivity index (χ3v) is 19.6. The summed E-state index contributed by atoms with van der Waals surface area (Å²) in [6.07, 6.45) is 25.6. The molecule has 7 N–H and O–H groups in total. The van der Waals surface area contributed by atoms with Crippen LogP contribution in [0, 0.1) is 0 Å². The topological polar surface area (TPSA) is 178 Å². The summed E-state index contributed by atoms with van der Waals surface area (Å²) in [7, 11) is 0. The van der Waals surface area contributed by atoms with Crippen LogP contribution >= 0.6 is 0 Å². The molecule has 0 saturated heterocycles. The standard InChI is InChI=1S/C66H54N8O2.2C12H8N2.Ru/c1-4-13-41(14-5-1)58-50-29-31-52(69-50)59(42-15-6-2-7-16-42)54-33-35-56(71-54)61(57-36-34-55(72-57)60(43-17-8-3-9-18-43)53-32-30-51(58)70-53)44-21-25-46(26-22-44)75-39-12-40-76-47-27-23-45(24-28-47)66-73-64-48-19-10-37-67-62(48)63-49(65(64)74-66)20-11-38-68-63;2*1-3-9-5-6-10-4-2-8-14-12(10)11(9)13-7-1;/h1-11,13-36,50,55,67-72H,12,37-40H2,(H,73,74);2*1-8H;/q;;;+2/b58-51-,59-52-,60-53-,61-57-;;;. The molecule has 0 aliphatic carbocycles. The van der Waals surface area contributed by atoms with E-state index in [1.807, 2.05) is 36.4 Å². The average Bonchev–Trinajstić information content (AvgIpc) is 1.63. The number of H-pyrrole nitrogens is 3. The number of rotatable bonds is 11. The zero-order valence-electron chi connectivity index (χ0n) is 57.0. The number of fused-ring (bicyclic) bond motifs is 20. The van der Waals surface area contributed by atoms with E-state index in [1.54, 1.807) is 24.8 Å². The summed E-state index contributed by atoms with van der Waals surface area (Å²) in [4.78, 5) is 33.9. The Labute approximate surface area is 619 Å². The van der Waals surface area contributed by atoms with E-state index in [4.69, 9.17) is 14.5 Å². The molecule has 7 aromatic heterocycles. The molecule has 0 fully saturated rings. The van der Waals surface area contributed by atoms with E-state index >= 15 is 0 Å². The second-order valence-corrected chi connectivity index (χ2v) is 26.0. The van der Waals surface area contributed by atoms with Crippen molar-refractivity contribution in [1.29, 1.82) is 0 Å². The summed E-state index contributed by atoms with van der Waals surface area (Å²) in [5.74, 6) is 2.44. The zero-order chi connectivity index (χ0) is 69.1. The van der Waals surface area contributed by atoms with Crippen molar-refractivity contribution < 1.29 is 29.0 Å². The molecular weight excluding hydrogens is 1380 g/mol. The molecule has 2 unspecified atom stereocenters. The number of aromatic amines is 3. The first-order valence-electron chi connectivity index (χ1n) is 35.3. The molecule has 14 nitrogen and oxygen atoms in total. The SMILES string of the molecule is C1=Cc2c(c3c(c4[nH]c(-c5ccc(OCCCOc6ccc(/C7=C8\C=CC(N8)/C(c8ccccc8)=c8/cc/c([nH]8)=C(\c8ccccc8)C8C=C/C(=C(\c9ccccc9)c9ccc7[nH]9)N8)cc6)cc5)nc24)C=CCN3)NC1.[Ru+2].c1cnc2c(c1)ccc1cccnc12.c1cnc2c(c1)ccc1cccnc12. The molecule has 20 rings (SSSR count). The fraction of sp³-hybridized carbons (Fsp3) is 0.0778. The van der Waals surface area contributed by atoms with Gasteiger partial charge in [0.2, 0.25) is 0 Å². The van der Waals surface area contributed by atoms with Gasteiger partial charge in [-0.2, -0.15) is 0 Å². The minimum atomic E-state index is -0.112. The molecule has 15 heteroatoms. The Kier molecular flexibility index (Phi) is 18.2. The number of allylic oxidation sites excluding steroid dienone is 2. The maximum Gasteiger partial charge on any atom is 2.00 e. The molecule has 8 aromatic carbocycles. The van der Waals surface area contributed by atoms with Gasteiger partial charge >= 0.3 is 19.5 Å². The monoisotopic (exact) mass is 1450 g/mol. The van der Waals surface area contributed by atoms with Crippen LogP contribution in [0.25, 0.3) is 100 Å². The quantitative estimate of drug-likeness (QED) is 0.0372. The molecule has 5 aliphatic heterocycles. The van der Waals surface area contributed by atoms with E-state index in [0.717, 1.165) is 186 Å². The van der Waals surface area contributed by atoms with E-state index in [0.29, 0.717) is 13.2 Å². The van der Waals surface area contributed by atoms with Gasteiger partial charge in [-0.15, -0.1) is 0 Å². The maximum absolute atomic E-state index is 6.33. The summed E-state index contributed by atoms with van der Waals surface area (Å²) < 4.78 is 12.5. The van der Waals surface area contributed by atoms with Crippen molar-refractivity contribution in [1.82, 2.24) is 50.5 Å². The Hall–Kier alpha value is -13.0. The van der Waals surface area contributed by atoms with Crippen LogP contribution in [0.15, 0.2) is 309 Å². The molecule has 105 heavy (non-hydrogen) atoms. The molecule has 5 aliphatic rings. The van der Waals surface area contributed by atoms with Crippen molar-refractivity contribution in [2.45, 2.75) is 18.5 Å². The number of imidazole rings is 1. The molecule has 0 spiro atoms. The van der Waals surface area contributed by atoms with E-state index in [2.05, 4.69) is 305 Å². The average molecular weight is 1450 g/mol. The predicted octanol–water partition coefficient (Wildman–Crippen LogP) is 16.9. The van der Waals surface area contributed by atoms with Crippen molar-refractivity contribution >= 4 is 100 Å². The van der Waals surface area contributed by atoms with Crippen molar-refractivity contribution in [2.75, 3.05) is 36.9 Å². The number of anilines is 2. The van der Waals surface area contributed by atoms with Crippen LogP contribution in [-0.4, -0.2) is 78.3 Å². The van der Waals surface area contributed by atoms with Gasteiger partial charge in [-0.1, -0.05) is 188 Å². The first-order chi connectivity index (χ1) is 51.6. The molecular formula is C90H70N12O2Ru+2. The number of benzene rings is 8.